The van der Waals surface area contributed by atoms with Crippen molar-refractivity contribution in [2.24, 2.45) is 11.1 Å². The number of pyridine rings is 1. The minimum Gasteiger partial charge on any atom is -0.383 e. The fourth-order valence-corrected chi connectivity index (χ4v) is 5.06. The number of carbonyl (C=O) groups is 1. The van der Waals surface area contributed by atoms with Gasteiger partial charge in [-0.25, -0.2) is 9.07 Å². The van der Waals surface area contributed by atoms with E-state index in [1.54, 1.807) is 6.07 Å². The van der Waals surface area contributed by atoms with E-state index in [1.165, 1.54) is 30.5 Å². The maximum absolute atomic E-state index is 15.7. The van der Waals surface area contributed by atoms with Crippen LogP contribution in [0.15, 0.2) is 42.7 Å². The number of rotatable bonds is 8. The SMILES string of the molecule is CC(C)(C)CNc1c(C#N)cnc2c(Cl)cc(N[C@H](c3cn(C4(C(F)(F)F)CC4)nn3)c3cccc(C(N)=O)c3F)cc12. The molecule has 4 aromatic rings. The number of fused-ring (bicyclic) bond motifs is 1. The number of aromatic nitrogens is 4. The number of amides is 1. The first-order valence-electron chi connectivity index (χ1n) is 13.3. The van der Waals surface area contributed by atoms with Crippen LogP contribution in [0.5, 0.6) is 0 Å². The van der Waals surface area contributed by atoms with E-state index < -0.39 is 35.0 Å². The molecule has 43 heavy (non-hydrogen) atoms. The zero-order valence-electron chi connectivity index (χ0n) is 23.4. The third-order valence-electron chi connectivity index (χ3n) is 7.25. The van der Waals surface area contributed by atoms with Crippen LogP contribution in [0.4, 0.5) is 28.9 Å². The summed E-state index contributed by atoms with van der Waals surface area (Å²) in [6.07, 6.45) is -2.37. The van der Waals surface area contributed by atoms with Crippen molar-refractivity contribution in [3.63, 3.8) is 0 Å². The first-order valence-corrected chi connectivity index (χ1v) is 13.6. The second-order valence-electron chi connectivity index (χ2n) is 11.7. The van der Waals surface area contributed by atoms with Crippen molar-refractivity contribution < 1.29 is 22.4 Å². The predicted octanol–water partition coefficient (Wildman–Crippen LogP) is 6.30. The quantitative estimate of drug-likeness (QED) is 0.198. The number of benzene rings is 2. The fraction of sp³-hybridized carbons (Fsp3) is 0.345. The van der Waals surface area contributed by atoms with Gasteiger partial charge in [0.25, 0.3) is 5.91 Å². The predicted molar refractivity (Wildman–Crippen MR) is 153 cm³/mol. The molecule has 2 aromatic heterocycles. The Balaban J connectivity index is 1.64. The highest BCUT2D eigenvalue weighted by molar-refractivity contribution is 6.35. The number of alkyl halides is 3. The van der Waals surface area contributed by atoms with E-state index in [0.717, 1.165) is 10.9 Å². The number of anilines is 2. The maximum Gasteiger partial charge on any atom is 0.413 e. The Kier molecular flexibility index (Phi) is 7.46. The summed E-state index contributed by atoms with van der Waals surface area (Å²) in [4.78, 5) is 16.2. The Morgan fingerprint density at radius 1 is 1.26 bits per heavy atom. The molecule has 1 atom stereocenters. The minimum absolute atomic E-state index is 0.0396. The number of primary amides is 1. The van der Waals surface area contributed by atoms with Gasteiger partial charge in [-0.2, -0.15) is 18.4 Å². The van der Waals surface area contributed by atoms with Crippen molar-refractivity contribution in [2.45, 2.75) is 51.4 Å². The van der Waals surface area contributed by atoms with Crippen molar-refractivity contribution in [1.29, 1.82) is 5.26 Å². The number of hydrogen-bond acceptors (Lipinski definition) is 7. The molecule has 0 radical (unpaired) electrons. The highest BCUT2D eigenvalue weighted by Crippen LogP contribution is 2.55. The van der Waals surface area contributed by atoms with Crippen molar-refractivity contribution in [3.8, 4) is 6.07 Å². The number of nitrogens with one attached hydrogen (secondary N) is 2. The summed E-state index contributed by atoms with van der Waals surface area (Å²) < 4.78 is 57.9. The molecule has 0 unspecified atom stereocenters. The first kappa shape index (κ1) is 30.0. The van der Waals surface area contributed by atoms with E-state index in [1.807, 2.05) is 20.8 Å². The summed E-state index contributed by atoms with van der Waals surface area (Å²) >= 11 is 6.61. The van der Waals surface area contributed by atoms with Gasteiger partial charge in [-0.15, -0.1) is 5.10 Å². The molecule has 1 amide bonds. The van der Waals surface area contributed by atoms with Crippen molar-refractivity contribution in [3.05, 3.63) is 75.9 Å². The van der Waals surface area contributed by atoms with E-state index in [-0.39, 0.29) is 40.1 Å². The van der Waals surface area contributed by atoms with Crippen LogP contribution < -0.4 is 16.4 Å². The number of hydrogen-bond donors (Lipinski definition) is 3. The molecule has 4 N–H and O–H groups in total. The molecule has 0 saturated heterocycles. The van der Waals surface area contributed by atoms with Crippen LogP contribution in [0.3, 0.4) is 0 Å². The van der Waals surface area contributed by atoms with E-state index in [2.05, 4.69) is 32.0 Å². The number of halogens is 5. The standard InChI is InChI=1S/C29H27ClF4N8O/c1-27(2,3)14-38-23-15(11-35)12-37-24-19(23)9-16(10-20(24)30)39-25(17-5-4-6-18(22(17)31)26(36)43)21-13-42(41-40-21)28(7-8-28)29(32,33)34/h4-6,9-10,12-13,25,39H,7-8,14H2,1-3H3,(H2,36,43)(H,37,38)/t25-/m0/s1. The lowest BCUT2D eigenvalue weighted by atomic mass is 9.96. The molecule has 5 rings (SSSR count). The Morgan fingerprint density at radius 3 is 2.58 bits per heavy atom. The molecular formula is C29H27ClF4N8O. The van der Waals surface area contributed by atoms with E-state index >= 15 is 4.39 Å². The number of carbonyl (C=O) groups excluding carboxylic acids is 1. The van der Waals surface area contributed by atoms with Gasteiger partial charge in [-0.1, -0.05) is 49.7 Å². The molecule has 0 spiro atoms. The summed E-state index contributed by atoms with van der Waals surface area (Å²) in [6, 6.07) is 8.03. The molecule has 0 aliphatic heterocycles. The molecule has 224 valence electrons. The third kappa shape index (κ3) is 5.67. The second kappa shape index (κ2) is 10.7. The highest BCUT2D eigenvalue weighted by Gasteiger charge is 2.66. The molecule has 2 aromatic carbocycles. The Labute approximate surface area is 249 Å². The van der Waals surface area contributed by atoms with Gasteiger partial charge in [0.15, 0.2) is 5.54 Å². The van der Waals surface area contributed by atoms with Crippen molar-refractivity contribution in [2.75, 3.05) is 17.2 Å². The fourth-order valence-electron chi connectivity index (χ4n) is 4.79. The monoisotopic (exact) mass is 614 g/mol. The Hall–Kier alpha value is -4.44. The van der Waals surface area contributed by atoms with Crippen molar-refractivity contribution in [1.82, 2.24) is 20.0 Å². The first-order chi connectivity index (χ1) is 20.1. The summed E-state index contributed by atoms with van der Waals surface area (Å²) in [5, 5.41) is 24.6. The molecule has 9 nitrogen and oxygen atoms in total. The average molecular weight is 615 g/mol. The average Bonchev–Trinajstić information content (AvgIpc) is 3.61. The molecule has 1 aliphatic carbocycles. The van der Waals surface area contributed by atoms with Gasteiger partial charge in [-0.05, 0) is 36.5 Å². The molecule has 1 saturated carbocycles. The third-order valence-corrected chi connectivity index (χ3v) is 7.54. The topological polar surface area (TPSA) is 135 Å². The van der Waals surface area contributed by atoms with Crippen LogP contribution in [-0.4, -0.2) is 38.6 Å². The number of nitrogens with two attached hydrogens (primary N) is 1. The smallest absolute Gasteiger partial charge is 0.383 e. The highest BCUT2D eigenvalue weighted by atomic mass is 35.5. The molecule has 0 bridgehead atoms. The van der Waals surface area contributed by atoms with Gasteiger partial charge >= 0.3 is 6.18 Å². The van der Waals surface area contributed by atoms with Crippen LogP contribution in [0.25, 0.3) is 10.9 Å². The second-order valence-corrected chi connectivity index (χ2v) is 12.1. The lowest BCUT2D eigenvalue weighted by Crippen LogP contribution is -2.35. The number of nitrogens with zero attached hydrogens (tertiary/aromatic N) is 5. The van der Waals surface area contributed by atoms with Gasteiger partial charge in [0.05, 0.1) is 33.6 Å². The van der Waals surface area contributed by atoms with Crippen LogP contribution in [0.1, 0.15) is 66.8 Å². The maximum atomic E-state index is 15.7. The molecule has 14 heteroatoms. The van der Waals surface area contributed by atoms with E-state index in [9.17, 15) is 23.2 Å². The Bertz CT molecular complexity index is 1770. The van der Waals surface area contributed by atoms with Gasteiger partial charge in [0.2, 0.25) is 0 Å². The summed E-state index contributed by atoms with van der Waals surface area (Å²) in [5.74, 6) is -1.99. The molecule has 1 fully saturated rings. The van der Waals surface area contributed by atoms with Crippen LogP contribution in [0, 0.1) is 22.6 Å². The largest absolute Gasteiger partial charge is 0.413 e. The van der Waals surface area contributed by atoms with Crippen LogP contribution in [0.2, 0.25) is 5.02 Å². The minimum atomic E-state index is -4.56. The van der Waals surface area contributed by atoms with E-state index in [0.29, 0.717) is 28.8 Å². The Morgan fingerprint density at radius 2 is 1.98 bits per heavy atom. The van der Waals surface area contributed by atoms with Crippen LogP contribution in [-0.2, 0) is 5.54 Å². The normalized spacial score (nSPS) is 15.1. The van der Waals surface area contributed by atoms with E-state index in [4.69, 9.17) is 17.3 Å². The lowest BCUT2D eigenvalue weighted by Gasteiger charge is -2.23. The lowest BCUT2D eigenvalue weighted by molar-refractivity contribution is -0.182. The van der Waals surface area contributed by atoms with Gasteiger partial charge in [0.1, 0.15) is 23.6 Å². The molecule has 2 heterocycles. The molecular weight excluding hydrogens is 588 g/mol. The number of nitriles is 1. The van der Waals surface area contributed by atoms with Crippen molar-refractivity contribution >= 4 is 39.8 Å². The summed E-state index contributed by atoms with van der Waals surface area (Å²) in [5.41, 5.74) is 3.95. The summed E-state index contributed by atoms with van der Waals surface area (Å²) in [6.45, 7) is 6.57. The zero-order valence-corrected chi connectivity index (χ0v) is 24.1. The zero-order chi connectivity index (χ0) is 31.3. The summed E-state index contributed by atoms with van der Waals surface area (Å²) in [7, 11) is 0. The van der Waals surface area contributed by atoms with Gasteiger partial charge in [-0.3, -0.25) is 9.78 Å². The van der Waals surface area contributed by atoms with Gasteiger partial charge in [0, 0.05) is 29.4 Å². The van der Waals surface area contributed by atoms with Gasteiger partial charge < -0.3 is 16.4 Å². The molecule has 1 aliphatic rings. The van der Waals surface area contributed by atoms with Crippen LogP contribution >= 0.6 is 11.6 Å².